The van der Waals surface area contributed by atoms with Crippen molar-refractivity contribution >= 4 is 17.8 Å². The van der Waals surface area contributed by atoms with Crippen LogP contribution in [0.3, 0.4) is 0 Å². The van der Waals surface area contributed by atoms with Gasteiger partial charge in [-0.15, -0.1) is 0 Å². The Bertz CT molecular complexity index is 1390. The van der Waals surface area contributed by atoms with Gasteiger partial charge in [-0.3, -0.25) is 14.5 Å². The average molecular weight is 559 g/mol. The van der Waals surface area contributed by atoms with Crippen LogP contribution in [0, 0.1) is 0 Å². The van der Waals surface area contributed by atoms with Gasteiger partial charge >= 0.3 is 0 Å². The summed E-state index contributed by atoms with van der Waals surface area (Å²) >= 11 is 0. The summed E-state index contributed by atoms with van der Waals surface area (Å²) in [5.41, 5.74) is 9.28. The number of nitrogens with zero attached hydrogens (tertiary/aromatic N) is 2. The van der Waals surface area contributed by atoms with Gasteiger partial charge in [0.05, 0.1) is 30.7 Å². The van der Waals surface area contributed by atoms with Crippen LogP contribution in [0.15, 0.2) is 41.4 Å². The van der Waals surface area contributed by atoms with E-state index in [9.17, 15) is 9.59 Å². The van der Waals surface area contributed by atoms with Crippen molar-refractivity contribution in [1.29, 1.82) is 0 Å². The Kier molecular flexibility index (Phi) is 7.20. The molecule has 0 saturated heterocycles. The van der Waals surface area contributed by atoms with Crippen molar-refractivity contribution in [2.24, 2.45) is 10.7 Å². The number of carbonyl (C=O) groups excluding carboxylic acids is 2. The Labute approximate surface area is 242 Å². The molecule has 0 radical (unpaired) electrons. The Morgan fingerprint density at radius 2 is 1.88 bits per heavy atom. The first kappa shape index (κ1) is 27.6. The van der Waals surface area contributed by atoms with Gasteiger partial charge in [0.15, 0.2) is 5.96 Å². The van der Waals surface area contributed by atoms with E-state index in [4.69, 9.17) is 20.2 Å². The third kappa shape index (κ3) is 5.41. The monoisotopic (exact) mass is 558 g/mol. The number of hydrogen-bond donors (Lipinski definition) is 2. The molecule has 7 aliphatic rings. The first-order valence-electron chi connectivity index (χ1n) is 15.2. The molecule has 0 aliphatic carbocycles. The van der Waals surface area contributed by atoms with Gasteiger partial charge in [-0.25, -0.2) is 4.99 Å². The van der Waals surface area contributed by atoms with Gasteiger partial charge in [0.1, 0.15) is 17.1 Å². The van der Waals surface area contributed by atoms with Crippen LogP contribution in [0.5, 0.6) is 11.5 Å². The van der Waals surface area contributed by atoms with Crippen molar-refractivity contribution in [1.82, 2.24) is 10.2 Å². The lowest BCUT2D eigenvalue weighted by molar-refractivity contribution is -0.132. The fourth-order valence-corrected chi connectivity index (χ4v) is 7.03. The number of aryl methyl sites for hydroxylation is 1. The van der Waals surface area contributed by atoms with Crippen LogP contribution >= 0.6 is 0 Å². The van der Waals surface area contributed by atoms with Gasteiger partial charge in [0.25, 0.3) is 5.91 Å². The van der Waals surface area contributed by atoms with E-state index in [2.05, 4.69) is 44.3 Å². The predicted molar refractivity (Wildman–Crippen MR) is 158 cm³/mol. The Hall–Kier alpha value is -3.55. The predicted octanol–water partition coefficient (Wildman–Crippen LogP) is 5.74. The zero-order chi connectivity index (χ0) is 28.8. The maximum absolute atomic E-state index is 13.7. The Morgan fingerprint density at radius 3 is 2.68 bits per heavy atom. The Morgan fingerprint density at radius 1 is 1.05 bits per heavy atom. The molecule has 0 saturated carbocycles. The van der Waals surface area contributed by atoms with Crippen molar-refractivity contribution in [3.63, 3.8) is 0 Å². The molecule has 0 fully saturated rings. The van der Waals surface area contributed by atoms with Crippen LogP contribution in [0.4, 0.5) is 0 Å². The Balaban J connectivity index is 1.39. The number of nitrogens with one attached hydrogen (secondary N) is 1. The van der Waals surface area contributed by atoms with Crippen LogP contribution in [-0.2, 0) is 11.2 Å². The van der Waals surface area contributed by atoms with E-state index in [1.54, 1.807) is 11.0 Å². The fourth-order valence-electron chi connectivity index (χ4n) is 7.03. The summed E-state index contributed by atoms with van der Waals surface area (Å²) in [5, 5.41) is 3.28. The summed E-state index contributed by atoms with van der Waals surface area (Å²) in [6.45, 7) is 6.70. The number of hydrogen-bond acceptors (Lipinski definition) is 6. The molecule has 0 spiro atoms. The second kappa shape index (κ2) is 10.7. The lowest BCUT2D eigenvalue weighted by Crippen LogP contribution is -2.53. The van der Waals surface area contributed by atoms with Crippen molar-refractivity contribution in [2.75, 3.05) is 6.61 Å². The van der Waals surface area contributed by atoms with E-state index in [1.165, 1.54) is 5.56 Å². The number of carbonyl (C=O) groups is 2. The third-order valence-electron chi connectivity index (χ3n) is 9.30. The molecule has 8 bridgehead atoms. The minimum Gasteiger partial charge on any atom is -0.493 e. The van der Waals surface area contributed by atoms with E-state index in [1.807, 2.05) is 12.1 Å². The maximum Gasteiger partial charge on any atom is 0.251 e. The van der Waals surface area contributed by atoms with Crippen molar-refractivity contribution < 1.29 is 19.1 Å². The number of nitrogens with two attached hydrogens (primary N) is 1. The minimum atomic E-state index is -0.453. The van der Waals surface area contributed by atoms with Crippen molar-refractivity contribution in [3.8, 4) is 11.5 Å². The van der Waals surface area contributed by atoms with E-state index in [0.29, 0.717) is 37.2 Å². The largest absolute Gasteiger partial charge is 0.493 e. The van der Waals surface area contributed by atoms with E-state index in [-0.39, 0.29) is 29.9 Å². The molecule has 0 aromatic heterocycles. The normalized spacial score (nSPS) is 27.7. The number of amides is 2. The molecular formula is C33H42N4O4. The zero-order valence-corrected chi connectivity index (χ0v) is 24.5. The lowest BCUT2D eigenvalue weighted by Gasteiger charge is -2.42. The van der Waals surface area contributed by atoms with E-state index >= 15 is 0 Å². The molecule has 2 aromatic rings. The SMILES string of the molecule is CC[C@@]12CCCCCCc3ccc4c(c3)OC(C)(C)C[C@@H]4NC(=O)c3ccc4c(c3)[C@@H](CCO4)N(C(=O)C1)C(N)=N2. The molecule has 7 aliphatic heterocycles. The summed E-state index contributed by atoms with van der Waals surface area (Å²) < 4.78 is 12.3. The summed E-state index contributed by atoms with van der Waals surface area (Å²) in [6.07, 6.45) is 8.50. The molecule has 41 heavy (non-hydrogen) atoms. The number of guanidine groups is 1. The van der Waals surface area contributed by atoms with Gasteiger partial charge in [0, 0.05) is 29.5 Å². The topological polar surface area (TPSA) is 106 Å². The van der Waals surface area contributed by atoms with Crippen LogP contribution < -0.4 is 20.5 Å². The molecule has 8 heteroatoms. The van der Waals surface area contributed by atoms with Crippen molar-refractivity contribution in [2.45, 2.75) is 108 Å². The fraction of sp³-hybridized carbons (Fsp3) is 0.545. The minimum absolute atomic E-state index is 0.00330. The highest BCUT2D eigenvalue weighted by molar-refractivity contribution is 6.00. The van der Waals surface area contributed by atoms with Crippen LogP contribution in [0.1, 0.15) is 118 Å². The molecule has 3 atom stereocenters. The smallest absolute Gasteiger partial charge is 0.251 e. The molecule has 218 valence electrons. The van der Waals surface area contributed by atoms with E-state index in [0.717, 1.165) is 61.8 Å². The second-order valence-electron chi connectivity index (χ2n) is 12.8. The summed E-state index contributed by atoms with van der Waals surface area (Å²) in [7, 11) is 0. The van der Waals surface area contributed by atoms with Gasteiger partial charge < -0.3 is 20.5 Å². The molecule has 7 heterocycles. The lowest BCUT2D eigenvalue weighted by atomic mass is 9.84. The first-order chi connectivity index (χ1) is 19.7. The highest BCUT2D eigenvalue weighted by Gasteiger charge is 2.42. The van der Waals surface area contributed by atoms with E-state index < -0.39 is 11.1 Å². The van der Waals surface area contributed by atoms with Gasteiger partial charge in [-0.2, -0.15) is 0 Å². The number of ether oxygens (including phenoxy) is 2. The molecule has 2 aromatic carbocycles. The number of benzene rings is 2. The van der Waals surface area contributed by atoms with Crippen molar-refractivity contribution in [3.05, 3.63) is 58.7 Å². The molecule has 8 nitrogen and oxygen atoms in total. The summed E-state index contributed by atoms with van der Waals surface area (Å²) in [5.74, 6) is 1.64. The van der Waals surface area contributed by atoms with Gasteiger partial charge in [-0.1, -0.05) is 38.3 Å². The average Bonchev–Trinajstić information content (AvgIpc) is 2.93. The molecule has 0 unspecified atom stereocenters. The second-order valence-corrected chi connectivity index (χ2v) is 12.8. The first-order valence-corrected chi connectivity index (χ1v) is 15.2. The molecule has 3 N–H and O–H groups in total. The summed E-state index contributed by atoms with van der Waals surface area (Å²) in [6, 6.07) is 11.4. The number of aliphatic imine (C=N–C) groups is 1. The third-order valence-corrected chi connectivity index (χ3v) is 9.30. The highest BCUT2D eigenvalue weighted by atomic mass is 16.5. The summed E-state index contributed by atoms with van der Waals surface area (Å²) in [4.78, 5) is 34.0. The van der Waals surface area contributed by atoms with Crippen LogP contribution in [0.25, 0.3) is 0 Å². The van der Waals surface area contributed by atoms with Crippen LogP contribution in [-0.4, -0.2) is 40.4 Å². The van der Waals surface area contributed by atoms with Gasteiger partial charge in [-0.05, 0) is 69.4 Å². The molecule has 2 amide bonds. The van der Waals surface area contributed by atoms with Crippen LogP contribution in [0.2, 0.25) is 0 Å². The highest BCUT2D eigenvalue weighted by Crippen LogP contribution is 2.42. The zero-order valence-electron chi connectivity index (χ0n) is 24.5. The molecular weight excluding hydrogens is 516 g/mol. The molecule has 9 rings (SSSR count). The van der Waals surface area contributed by atoms with Gasteiger partial charge in [0.2, 0.25) is 5.91 Å². The quantitative estimate of drug-likeness (QED) is 0.464. The number of rotatable bonds is 1. The standard InChI is InChI=1S/C33H42N4O4/c1-4-33-15-8-6-5-7-9-21-10-12-23-25(19-32(2,3)41-28(23)17-21)35-30(39)22-11-13-27-24(18-22)26(14-16-40-27)37(29(38)20-33)31(34)36-33/h10-13,17-18,25-26H,4-9,14-16,19-20H2,1-3H3,(H2,34,36)(H,35,39)/t25-,26+,33+/m0/s1. The maximum atomic E-state index is 13.7.